The second kappa shape index (κ2) is 7.64. The SMILES string of the molecule is O=C(N[C@]1(c2ccccc2)CCN(Cc2nccs2)C[C@H]1O)c1ccco1. The van der Waals surface area contributed by atoms with Gasteiger partial charge < -0.3 is 14.8 Å². The minimum absolute atomic E-state index is 0.239. The van der Waals surface area contributed by atoms with Crippen molar-refractivity contribution >= 4 is 17.2 Å². The number of benzene rings is 1. The van der Waals surface area contributed by atoms with Crippen LogP contribution < -0.4 is 5.32 Å². The number of β-amino-alcohol motifs (C(OH)–C–C–N with tert-alkyl or cyclic N) is 1. The van der Waals surface area contributed by atoms with Gasteiger partial charge in [0.1, 0.15) is 5.01 Å². The summed E-state index contributed by atoms with van der Waals surface area (Å²) in [7, 11) is 0. The van der Waals surface area contributed by atoms with E-state index in [1.54, 1.807) is 29.7 Å². The summed E-state index contributed by atoms with van der Waals surface area (Å²) in [5.74, 6) is -0.0843. The molecule has 7 heteroatoms. The summed E-state index contributed by atoms with van der Waals surface area (Å²) in [6.07, 6.45) is 3.10. The minimum atomic E-state index is -0.857. The molecule has 0 aliphatic carbocycles. The number of amides is 1. The number of aliphatic hydroxyl groups excluding tert-OH is 1. The third kappa shape index (κ3) is 3.66. The zero-order valence-electron chi connectivity index (χ0n) is 14.7. The van der Waals surface area contributed by atoms with Crippen molar-refractivity contribution in [1.29, 1.82) is 0 Å². The number of nitrogens with zero attached hydrogens (tertiary/aromatic N) is 2. The van der Waals surface area contributed by atoms with Crippen LogP contribution in [0.1, 0.15) is 27.5 Å². The van der Waals surface area contributed by atoms with Gasteiger partial charge in [0.25, 0.3) is 5.91 Å². The number of carbonyl (C=O) groups excluding carboxylic acids is 1. The smallest absolute Gasteiger partial charge is 0.287 e. The van der Waals surface area contributed by atoms with E-state index in [-0.39, 0.29) is 11.7 Å². The molecule has 0 spiro atoms. The number of carbonyl (C=O) groups is 1. The van der Waals surface area contributed by atoms with Crippen LogP contribution in [0.5, 0.6) is 0 Å². The van der Waals surface area contributed by atoms with Crippen molar-refractivity contribution in [2.24, 2.45) is 0 Å². The Morgan fingerprint density at radius 2 is 2.19 bits per heavy atom. The molecule has 1 aliphatic rings. The molecule has 4 rings (SSSR count). The molecule has 3 aromatic rings. The van der Waals surface area contributed by atoms with Crippen LogP contribution in [-0.2, 0) is 12.1 Å². The van der Waals surface area contributed by atoms with Crippen LogP contribution in [0.15, 0.2) is 64.7 Å². The Morgan fingerprint density at radius 3 is 2.85 bits per heavy atom. The van der Waals surface area contributed by atoms with Crippen LogP contribution in [0, 0.1) is 0 Å². The number of thiazole rings is 1. The van der Waals surface area contributed by atoms with Crippen molar-refractivity contribution in [2.45, 2.75) is 24.6 Å². The molecule has 3 heterocycles. The molecule has 1 aliphatic heterocycles. The molecule has 1 fully saturated rings. The van der Waals surface area contributed by atoms with Gasteiger partial charge in [0.15, 0.2) is 5.76 Å². The van der Waals surface area contributed by atoms with Gasteiger partial charge in [-0.05, 0) is 24.1 Å². The van der Waals surface area contributed by atoms with E-state index >= 15 is 0 Å². The summed E-state index contributed by atoms with van der Waals surface area (Å²) in [5.41, 5.74) is 0.0381. The Kier molecular flexibility index (Phi) is 5.07. The lowest BCUT2D eigenvalue weighted by Gasteiger charge is -2.46. The van der Waals surface area contributed by atoms with Gasteiger partial charge in [0.05, 0.1) is 24.5 Å². The molecular weight excluding hydrogens is 362 g/mol. The fourth-order valence-corrected chi connectivity index (χ4v) is 4.28. The van der Waals surface area contributed by atoms with E-state index in [4.69, 9.17) is 4.42 Å². The number of aliphatic hydroxyl groups is 1. The molecule has 0 unspecified atom stereocenters. The summed E-state index contributed by atoms with van der Waals surface area (Å²) in [6.45, 7) is 1.89. The Balaban J connectivity index is 1.58. The topological polar surface area (TPSA) is 78.6 Å². The van der Waals surface area contributed by atoms with Crippen LogP contribution >= 0.6 is 11.3 Å². The number of hydrogen-bond acceptors (Lipinski definition) is 6. The molecule has 140 valence electrons. The molecule has 6 nitrogen and oxygen atoms in total. The summed E-state index contributed by atoms with van der Waals surface area (Å²) >= 11 is 1.61. The lowest BCUT2D eigenvalue weighted by atomic mass is 9.78. The monoisotopic (exact) mass is 383 g/mol. The summed E-state index contributed by atoms with van der Waals surface area (Å²) in [5, 5.41) is 17.1. The molecule has 27 heavy (non-hydrogen) atoms. The minimum Gasteiger partial charge on any atom is -0.459 e. The van der Waals surface area contributed by atoms with Crippen molar-refractivity contribution in [3.63, 3.8) is 0 Å². The number of rotatable bonds is 5. The van der Waals surface area contributed by atoms with Crippen LogP contribution in [0.25, 0.3) is 0 Å². The van der Waals surface area contributed by atoms with Gasteiger partial charge in [-0.2, -0.15) is 0 Å². The maximum atomic E-state index is 12.7. The Labute approximate surface area is 161 Å². The molecule has 0 bridgehead atoms. The predicted octanol–water partition coefficient (Wildman–Crippen LogP) is 2.63. The van der Waals surface area contributed by atoms with Crippen LogP contribution in [0.4, 0.5) is 0 Å². The first kappa shape index (κ1) is 17.9. The van der Waals surface area contributed by atoms with Crippen LogP contribution in [0.2, 0.25) is 0 Å². The zero-order valence-corrected chi connectivity index (χ0v) is 15.6. The van der Waals surface area contributed by atoms with Gasteiger partial charge in [0.2, 0.25) is 0 Å². The first-order chi connectivity index (χ1) is 13.2. The fraction of sp³-hybridized carbons (Fsp3) is 0.300. The quantitative estimate of drug-likeness (QED) is 0.708. The Hall–Kier alpha value is -2.48. The van der Waals surface area contributed by atoms with Gasteiger partial charge >= 0.3 is 0 Å². The number of piperidine rings is 1. The molecule has 2 aromatic heterocycles. The number of nitrogens with one attached hydrogen (secondary N) is 1. The van der Waals surface area contributed by atoms with E-state index in [0.29, 0.717) is 19.5 Å². The van der Waals surface area contributed by atoms with Gasteiger partial charge in [-0.15, -0.1) is 11.3 Å². The van der Waals surface area contributed by atoms with Gasteiger partial charge in [-0.25, -0.2) is 4.98 Å². The van der Waals surface area contributed by atoms with Crippen molar-refractivity contribution < 1.29 is 14.3 Å². The van der Waals surface area contributed by atoms with Crippen LogP contribution in [0.3, 0.4) is 0 Å². The first-order valence-electron chi connectivity index (χ1n) is 8.88. The lowest BCUT2D eigenvalue weighted by Crippen LogP contribution is -2.61. The highest BCUT2D eigenvalue weighted by molar-refractivity contribution is 7.09. The van der Waals surface area contributed by atoms with E-state index < -0.39 is 11.6 Å². The highest BCUT2D eigenvalue weighted by atomic mass is 32.1. The number of aromatic nitrogens is 1. The molecule has 0 radical (unpaired) electrons. The summed E-state index contributed by atoms with van der Waals surface area (Å²) in [4.78, 5) is 19.2. The normalized spacial score (nSPS) is 23.2. The summed E-state index contributed by atoms with van der Waals surface area (Å²) in [6, 6.07) is 13.0. The van der Waals surface area contributed by atoms with E-state index in [1.165, 1.54) is 6.26 Å². The molecule has 1 aromatic carbocycles. The second-order valence-corrected chi connectivity index (χ2v) is 7.67. The first-order valence-corrected chi connectivity index (χ1v) is 9.76. The maximum Gasteiger partial charge on any atom is 0.287 e. The standard InChI is InChI=1S/C20H21N3O3S/c24-17-13-23(14-18-21-9-12-27-18)10-8-20(17,15-5-2-1-3-6-15)22-19(25)16-7-4-11-26-16/h1-7,9,11-12,17,24H,8,10,13-14H2,(H,22,25)/t17-,20+/m1/s1. The zero-order chi connectivity index (χ0) is 18.7. The average molecular weight is 383 g/mol. The average Bonchev–Trinajstić information content (AvgIpc) is 3.39. The van der Waals surface area contributed by atoms with Crippen molar-refractivity contribution in [3.05, 3.63) is 76.6 Å². The second-order valence-electron chi connectivity index (χ2n) is 6.70. The molecule has 0 saturated carbocycles. The van der Waals surface area contributed by atoms with E-state index in [0.717, 1.165) is 17.1 Å². The third-order valence-corrected chi connectivity index (χ3v) is 5.80. The van der Waals surface area contributed by atoms with Gasteiger partial charge in [0, 0.05) is 24.7 Å². The molecular formula is C20H21N3O3S. The van der Waals surface area contributed by atoms with Gasteiger partial charge in [-0.1, -0.05) is 30.3 Å². The summed E-state index contributed by atoms with van der Waals surface area (Å²) < 4.78 is 5.23. The van der Waals surface area contributed by atoms with Crippen molar-refractivity contribution in [2.75, 3.05) is 13.1 Å². The van der Waals surface area contributed by atoms with Crippen molar-refractivity contribution in [1.82, 2.24) is 15.2 Å². The molecule has 1 saturated heterocycles. The number of hydrogen-bond donors (Lipinski definition) is 2. The largest absolute Gasteiger partial charge is 0.459 e. The third-order valence-electron chi connectivity index (χ3n) is 5.04. The lowest BCUT2D eigenvalue weighted by molar-refractivity contribution is -0.0185. The molecule has 2 atom stereocenters. The van der Waals surface area contributed by atoms with Gasteiger partial charge in [-0.3, -0.25) is 9.69 Å². The highest BCUT2D eigenvalue weighted by Crippen LogP contribution is 2.34. The van der Waals surface area contributed by atoms with Crippen LogP contribution in [-0.4, -0.2) is 40.1 Å². The number of likely N-dealkylation sites (tertiary alicyclic amines) is 1. The molecule has 1 amide bonds. The predicted molar refractivity (Wildman–Crippen MR) is 102 cm³/mol. The fourth-order valence-electron chi connectivity index (χ4n) is 3.62. The Morgan fingerprint density at radius 1 is 1.33 bits per heavy atom. The Bertz CT molecular complexity index is 867. The van der Waals surface area contributed by atoms with E-state index in [1.807, 2.05) is 35.7 Å². The highest BCUT2D eigenvalue weighted by Gasteiger charge is 2.45. The number of furan rings is 1. The van der Waals surface area contributed by atoms with Crippen molar-refractivity contribution in [3.8, 4) is 0 Å². The molecule has 2 N–H and O–H groups in total. The van der Waals surface area contributed by atoms with E-state index in [2.05, 4.69) is 15.2 Å². The van der Waals surface area contributed by atoms with E-state index in [9.17, 15) is 9.90 Å². The maximum absolute atomic E-state index is 12.7.